The van der Waals surface area contributed by atoms with Crippen molar-refractivity contribution in [3.05, 3.63) is 59.5 Å². The van der Waals surface area contributed by atoms with Crippen LogP contribution >= 0.6 is 0 Å². The fraction of sp³-hybridized carbons (Fsp3) is 0.200. The third kappa shape index (κ3) is 3.96. The van der Waals surface area contributed by atoms with Gasteiger partial charge in [0.25, 0.3) is 0 Å². The highest BCUT2D eigenvalue weighted by molar-refractivity contribution is 7.91. The molecule has 1 heterocycles. The maximum absolute atomic E-state index is 13.8. The summed E-state index contributed by atoms with van der Waals surface area (Å²) in [6, 6.07) is 8.51. The summed E-state index contributed by atoms with van der Waals surface area (Å²) in [5.74, 6) is -1.14. The van der Waals surface area contributed by atoms with E-state index in [0.717, 1.165) is 5.56 Å². The third-order valence-corrected chi connectivity index (χ3v) is 6.16. The number of aryl methyl sites for hydroxylation is 1. The lowest BCUT2D eigenvalue weighted by molar-refractivity contribution is -0.136. The molecule has 3 aromatic rings. The van der Waals surface area contributed by atoms with Crippen LogP contribution in [0.2, 0.25) is 0 Å². The Hall–Kier alpha value is -3.00. The second-order valence-electron chi connectivity index (χ2n) is 6.26. The Morgan fingerprint density at radius 2 is 1.93 bits per heavy atom. The van der Waals surface area contributed by atoms with Crippen molar-refractivity contribution >= 4 is 26.6 Å². The number of carbonyl (C=O) groups is 1. The lowest BCUT2D eigenvalue weighted by atomic mass is 9.97. The summed E-state index contributed by atoms with van der Waals surface area (Å²) in [6.45, 7) is 3.31. The molecule has 0 saturated heterocycles. The summed E-state index contributed by atoms with van der Waals surface area (Å²) in [6.07, 6.45) is 0.986. The van der Waals surface area contributed by atoms with E-state index in [9.17, 15) is 17.6 Å². The summed E-state index contributed by atoms with van der Waals surface area (Å²) < 4.78 is 43.3. The average molecular weight is 403 g/mol. The van der Waals surface area contributed by atoms with Crippen LogP contribution in [0.25, 0.3) is 10.8 Å². The van der Waals surface area contributed by atoms with Crippen molar-refractivity contribution in [1.29, 1.82) is 0 Å². The minimum Gasteiger partial charge on any atom is -0.481 e. The second-order valence-corrected chi connectivity index (χ2v) is 8.54. The molecule has 0 unspecified atom stereocenters. The number of hydrogen-bond acceptors (Lipinski definition) is 5. The van der Waals surface area contributed by atoms with Crippen LogP contribution in [0, 0.1) is 12.7 Å². The number of aromatic nitrogens is 1. The minimum absolute atomic E-state index is 0.0463. The Labute approximate surface area is 161 Å². The van der Waals surface area contributed by atoms with E-state index in [-0.39, 0.29) is 28.7 Å². The van der Waals surface area contributed by atoms with E-state index in [1.54, 1.807) is 19.1 Å². The Kier molecular flexibility index (Phi) is 5.33. The van der Waals surface area contributed by atoms with Crippen molar-refractivity contribution in [3.8, 4) is 11.6 Å². The number of fused-ring (bicyclic) bond motifs is 1. The number of rotatable bonds is 6. The fourth-order valence-corrected chi connectivity index (χ4v) is 3.71. The largest absolute Gasteiger partial charge is 0.481 e. The van der Waals surface area contributed by atoms with Gasteiger partial charge in [-0.2, -0.15) is 0 Å². The van der Waals surface area contributed by atoms with Gasteiger partial charge in [-0.05, 0) is 47.7 Å². The predicted molar refractivity (Wildman–Crippen MR) is 102 cm³/mol. The highest BCUT2D eigenvalue weighted by atomic mass is 32.2. The normalized spacial score (nSPS) is 11.5. The average Bonchev–Trinajstić information content (AvgIpc) is 2.65. The minimum atomic E-state index is -3.39. The van der Waals surface area contributed by atoms with Gasteiger partial charge in [0.15, 0.2) is 9.84 Å². The molecule has 0 amide bonds. The topological polar surface area (TPSA) is 93.6 Å². The molecule has 2 aromatic carbocycles. The molecule has 6 nitrogen and oxygen atoms in total. The zero-order chi connectivity index (χ0) is 20.5. The van der Waals surface area contributed by atoms with E-state index in [1.165, 1.54) is 37.4 Å². The molecule has 0 atom stereocenters. The Bertz CT molecular complexity index is 1160. The van der Waals surface area contributed by atoms with Crippen LogP contribution in [0.1, 0.15) is 18.1 Å². The van der Waals surface area contributed by atoms with Crippen LogP contribution in [0.3, 0.4) is 0 Å². The number of hydrogen-bond donors (Lipinski definition) is 1. The van der Waals surface area contributed by atoms with Gasteiger partial charge in [0.05, 0.1) is 17.1 Å². The first-order valence-electron chi connectivity index (χ1n) is 8.51. The zero-order valence-corrected chi connectivity index (χ0v) is 16.1. The van der Waals surface area contributed by atoms with Crippen molar-refractivity contribution < 1.29 is 27.4 Å². The Morgan fingerprint density at radius 3 is 2.54 bits per heavy atom. The van der Waals surface area contributed by atoms with Gasteiger partial charge >= 0.3 is 5.97 Å². The molecule has 1 N–H and O–H groups in total. The monoisotopic (exact) mass is 403 g/mol. The molecule has 0 fully saturated rings. The first kappa shape index (κ1) is 19.8. The standard InChI is InChI=1S/C20H18FNO5S/c1-3-28(25,26)15-5-7-19(22-11-15)27-18-8-13(9-20(23)24)12(2)16-6-4-14(21)10-17(16)18/h4-8,10-11H,3,9H2,1-2H3,(H,23,24). The molecule has 146 valence electrons. The van der Waals surface area contributed by atoms with Crippen LogP contribution in [0.5, 0.6) is 11.6 Å². The van der Waals surface area contributed by atoms with Gasteiger partial charge in [0.1, 0.15) is 11.6 Å². The van der Waals surface area contributed by atoms with Gasteiger partial charge in [-0.15, -0.1) is 0 Å². The van der Waals surface area contributed by atoms with Crippen LogP contribution in [-0.4, -0.2) is 30.2 Å². The number of carboxylic acid groups (broad SMARTS) is 1. The molecular weight excluding hydrogens is 385 g/mol. The van der Waals surface area contributed by atoms with Gasteiger partial charge in [-0.25, -0.2) is 17.8 Å². The molecular formula is C20H18FNO5S. The lowest BCUT2D eigenvalue weighted by Gasteiger charge is -2.14. The van der Waals surface area contributed by atoms with E-state index in [2.05, 4.69) is 4.98 Å². The second kappa shape index (κ2) is 7.55. The van der Waals surface area contributed by atoms with Crippen molar-refractivity contribution in [1.82, 2.24) is 4.98 Å². The van der Waals surface area contributed by atoms with Gasteiger partial charge in [-0.1, -0.05) is 13.0 Å². The van der Waals surface area contributed by atoms with E-state index in [4.69, 9.17) is 9.84 Å². The van der Waals surface area contributed by atoms with Crippen molar-refractivity contribution in [2.75, 3.05) is 5.75 Å². The highest BCUT2D eigenvalue weighted by Crippen LogP contribution is 2.34. The van der Waals surface area contributed by atoms with Crippen LogP contribution < -0.4 is 4.74 Å². The molecule has 3 rings (SSSR count). The summed E-state index contributed by atoms with van der Waals surface area (Å²) in [5, 5.41) is 10.3. The molecule has 0 aliphatic heterocycles. The Balaban J connectivity index is 2.08. The highest BCUT2D eigenvalue weighted by Gasteiger charge is 2.16. The van der Waals surface area contributed by atoms with Gasteiger partial charge in [0, 0.05) is 17.6 Å². The zero-order valence-electron chi connectivity index (χ0n) is 15.3. The summed E-state index contributed by atoms with van der Waals surface area (Å²) in [4.78, 5) is 15.3. The van der Waals surface area contributed by atoms with E-state index >= 15 is 0 Å². The van der Waals surface area contributed by atoms with Gasteiger partial charge in [-0.3, -0.25) is 4.79 Å². The van der Waals surface area contributed by atoms with Gasteiger partial charge < -0.3 is 9.84 Å². The molecule has 0 aliphatic carbocycles. The molecule has 1 aromatic heterocycles. The first-order chi connectivity index (χ1) is 13.2. The lowest BCUT2D eigenvalue weighted by Crippen LogP contribution is -2.05. The predicted octanol–water partition coefficient (Wildman–Crippen LogP) is 3.90. The summed E-state index contributed by atoms with van der Waals surface area (Å²) in [7, 11) is -3.39. The molecule has 0 radical (unpaired) electrons. The number of ether oxygens (including phenoxy) is 1. The third-order valence-electron chi connectivity index (χ3n) is 4.44. The number of nitrogens with zero attached hydrogens (tertiary/aromatic N) is 1. The van der Waals surface area contributed by atoms with E-state index < -0.39 is 21.6 Å². The van der Waals surface area contributed by atoms with Crippen molar-refractivity contribution in [2.45, 2.75) is 25.2 Å². The maximum Gasteiger partial charge on any atom is 0.307 e. The van der Waals surface area contributed by atoms with Crippen molar-refractivity contribution in [2.24, 2.45) is 0 Å². The number of aliphatic carboxylic acids is 1. The SMILES string of the molecule is CCS(=O)(=O)c1ccc(Oc2cc(CC(=O)O)c(C)c3ccc(F)cc23)nc1. The molecule has 0 bridgehead atoms. The smallest absolute Gasteiger partial charge is 0.307 e. The first-order valence-corrected chi connectivity index (χ1v) is 10.2. The van der Waals surface area contributed by atoms with E-state index in [0.29, 0.717) is 16.3 Å². The molecule has 28 heavy (non-hydrogen) atoms. The van der Waals surface area contributed by atoms with Crippen LogP contribution in [0.15, 0.2) is 47.5 Å². The molecule has 0 saturated carbocycles. The fourth-order valence-electron chi connectivity index (χ4n) is 2.89. The van der Waals surface area contributed by atoms with Crippen molar-refractivity contribution in [3.63, 3.8) is 0 Å². The quantitative estimate of drug-likeness (QED) is 0.671. The molecule has 0 spiro atoms. The number of halogens is 1. The number of sulfone groups is 1. The summed E-state index contributed by atoms with van der Waals surface area (Å²) >= 11 is 0. The summed E-state index contributed by atoms with van der Waals surface area (Å²) in [5.41, 5.74) is 1.26. The number of pyridine rings is 1. The van der Waals surface area contributed by atoms with Crippen LogP contribution in [-0.2, 0) is 21.1 Å². The van der Waals surface area contributed by atoms with Gasteiger partial charge in [0.2, 0.25) is 5.88 Å². The number of benzene rings is 2. The molecule has 0 aliphatic rings. The molecule has 8 heteroatoms. The number of carboxylic acids is 1. The van der Waals surface area contributed by atoms with E-state index in [1.807, 2.05) is 0 Å². The van der Waals surface area contributed by atoms with Crippen LogP contribution in [0.4, 0.5) is 4.39 Å². The maximum atomic E-state index is 13.8. The Morgan fingerprint density at radius 1 is 1.18 bits per heavy atom.